The second-order valence-corrected chi connectivity index (χ2v) is 4.79. The summed E-state index contributed by atoms with van der Waals surface area (Å²) < 4.78 is 15.7. The van der Waals surface area contributed by atoms with Crippen molar-refractivity contribution < 1.29 is 4.39 Å². The average molecular weight is 305 g/mol. The molecule has 0 atom stereocenters. The van der Waals surface area contributed by atoms with E-state index in [0.29, 0.717) is 6.54 Å². The number of halogens is 2. The molecule has 1 heterocycles. The number of aromatic nitrogens is 2. The molecular weight excluding hydrogens is 295 g/mol. The molecule has 0 N–H and O–H groups in total. The molecule has 3 aromatic rings. The van der Waals surface area contributed by atoms with Gasteiger partial charge in [-0.1, -0.05) is 24.3 Å². The summed E-state index contributed by atoms with van der Waals surface area (Å²) in [6, 6.07) is 14.5. The minimum atomic E-state index is -0.215. The van der Waals surface area contributed by atoms with Gasteiger partial charge in [-0.05, 0) is 45.8 Å². The molecule has 0 amide bonds. The molecule has 0 spiro atoms. The van der Waals surface area contributed by atoms with Gasteiger partial charge in [0.05, 0.1) is 17.6 Å². The van der Waals surface area contributed by atoms with Crippen LogP contribution >= 0.6 is 15.9 Å². The van der Waals surface area contributed by atoms with Gasteiger partial charge in [-0.15, -0.1) is 0 Å². The topological polar surface area (TPSA) is 17.8 Å². The molecule has 0 aliphatic rings. The summed E-state index contributed by atoms with van der Waals surface area (Å²) in [7, 11) is 0. The van der Waals surface area contributed by atoms with E-state index in [1.165, 1.54) is 12.1 Å². The van der Waals surface area contributed by atoms with Crippen LogP contribution in [0.2, 0.25) is 0 Å². The molecule has 90 valence electrons. The molecule has 2 aromatic carbocycles. The smallest absolute Gasteiger partial charge is 0.178 e. The van der Waals surface area contributed by atoms with E-state index in [1.54, 1.807) is 12.1 Å². The zero-order valence-corrected chi connectivity index (χ0v) is 11.1. The zero-order valence-electron chi connectivity index (χ0n) is 9.48. The number of hydrogen-bond donors (Lipinski definition) is 0. The Bertz CT molecular complexity index is 689. The molecular formula is C14H10BrFN2. The van der Waals surface area contributed by atoms with Gasteiger partial charge in [-0.3, -0.25) is 0 Å². The number of para-hydroxylation sites is 2. The maximum atomic E-state index is 12.9. The maximum Gasteiger partial charge on any atom is 0.178 e. The van der Waals surface area contributed by atoms with E-state index < -0.39 is 0 Å². The molecule has 0 radical (unpaired) electrons. The second kappa shape index (κ2) is 4.53. The Morgan fingerprint density at radius 1 is 1.06 bits per heavy atom. The lowest BCUT2D eigenvalue weighted by Gasteiger charge is -2.06. The molecule has 0 aliphatic heterocycles. The fourth-order valence-electron chi connectivity index (χ4n) is 1.97. The van der Waals surface area contributed by atoms with Gasteiger partial charge < -0.3 is 4.57 Å². The van der Waals surface area contributed by atoms with Crippen molar-refractivity contribution in [3.05, 3.63) is 64.6 Å². The van der Waals surface area contributed by atoms with Crippen molar-refractivity contribution in [2.45, 2.75) is 6.54 Å². The predicted molar refractivity (Wildman–Crippen MR) is 72.9 cm³/mol. The first-order valence-corrected chi connectivity index (χ1v) is 6.38. The lowest BCUT2D eigenvalue weighted by molar-refractivity contribution is 0.626. The average Bonchev–Trinajstić information content (AvgIpc) is 2.69. The minimum Gasteiger partial charge on any atom is -0.314 e. The molecule has 0 saturated carbocycles. The van der Waals surface area contributed by atoms with E-state index in [-0.39, 0.29) is 5.82 Å². The summed E-state index contributed by atoms with van der Waals surface area (Å²) in [5, 5.41) is 0. The number of nitrogens with zero attached hydrogens (tertiary/aromatic N) is 2. The van der Waals surface area contributed by atoms with E-state index >= 15 is 0 Å². The summed E-state index contributed by atoms with van der Waals surface area (Å²) in [5.41, 5.74) is 3.06. The fraction of sp³-hybridized carbons (Fsp3) is 0.0714. The van der Waals surface area contributed by atoms with Crippen LogP contribution < -0.4 is 0 Å². The summed E-state index contributed by atoms with van der Waals surface area (Å²) in [6.45, 7) is 0.668. The van der Waals surface area contributed by atoms with Gasteiger partial charge in [0.25, 0.3) is 0 Å². The van der Waals surface area contributed by atoms with E-state index in [1.807, 2.05) is 24.3 Å². The minimum absolute atomic E-state index is 0.215. The first kappa shape index (κ1) is 11.4. The predicted octanol–water partition coefficient (Wildman–Crippen LogP) is 3.99. The Balaban J connectivity index is 2.04. The van der Waals surface area contributed by atoms with Crippen LogP contribution in [0.15, 0.2) is 53.3 Å². The SMILES string of the molecule is Fc1ccc(Cn2c(Br)nc3ccccc32)cc1. The Morgan fingerprint density at radius 2 is 1.78 bits per heavy atom. The largest absolute Gasteiger partial charge is 0.314 e. The Morgan fingerprint density at radius 3 is 2.56 bits per heavy atom. The molecule has 0 aliphatic carbocycles. The number of benzene rings is 2. The highest BCUT2D eigenvalue weighted by atomic mass is 79.9. The molecule has 1 aromatic heterocycles. The van der Waals surface area contributed by atoms with Gasteiger partial charge in [-0.25, -0.2) is 9.37 Å². The van der Waals surface area contributed by atoms with Crippen molar-refractivity contribution in [2.75, 3.05) is 0 Å². The summed E-state index contributed by atoms with van der Waals surface area (Å²) in [5.74, 6) is -0.215. The van der Waals surface area contributed by atoms with Gasteiger partial charge in [0.2, 0.25) is 0 Å². The molecule has 18 heavy (non-hydrogen) atoms. The Hall–Kier alpha value is -1.68. The van der Waals surface area contributed by atoms with Crippen molar-refractivity contribution in [3.8, 4) is 0 Å². The van der Waals surface area contributed by atoms with Crippen LogP contribution in [0.3, 0.4) is 0 Å². The van der Waals surface area contributed by atoms with Crippen molar-refractivity contribution in [1.82, 2.24) is 9.55 Å². The van der Waals surface area contributed by atoms with Crippen LogP contribution in [0.4, 0.5) is 4.39 Å². The standard InChI is InChI=1S/C14H10BrFN2/c15-14-17-12-3-1-2-4-13(12)18(14)9-10-5-7-11(16)8-6-10/h1-8H,9H2. The van der Waals surface area contributed by atoms with Gasteiger partial charge in [0.15, 0.2) is 4.73 Å². The van der Waals surface area contributed by atoms with Crippen molar-refractivity contribution in [2.24, 2.45) is 0 Å². The maximum absolute atomic E-state index is 12.9. The number of imidazole rings is 1. The number of rotatable bonds is 2. The Kier molecular flexibility index (Phi) is 2.88. The van der Waals surface area contributed by atoms with E-state index in [0.717, 1.165) is 21.3 Å². The van der Waals surface area contributed by atoms with E-state index in [4.69, 9.17) is 0 Å². The summed E-state index contributed by atoms with van der Waals surface area (Å²) >= 11 is 3.46. The van der Waals surface area contributed by atoms with Crippen LogP contribution in [0.1, 0.15) is 5.56 Å². The zero-order chi connectivity index (χ0) is 12.5. The molecule has 0 saturated heterocycles. The first-order chi connectivity index (χ1) is 8.74. The molecule has 4 heteroatoms. The van der Waals surface area contributed by atoms with Crippen LogP contribution in [-0.2, 0) is 6.54 Å². The highest BCUT2D eigenvalue weighted by molar-refractivity contribution is 9.10. The van der Waals surface area contributed by atoms with Crippen LogP contribution in [0, 0.1) is 5.82 Å². The molecule has 0 fully saturated rings. The normalized spacial score (nSPS) is 11.0. The third-order valence-electron chi connectivity index (χ3n) is 2.86. The van der Waals surface area contributed by atoms with Gasteiger partial charge >= 0.3 is 0 Å². The second-order valence-electron chi connectivity index (χ2n) is 4.08. The van der Waals surface area contributed by atoms with Gasteiger partial charge in [0.1, 0.15) is 5.82 Å². The summed E-state index contributed by atoms with van der Waals surface area (Å²) in [4.78, 5) is 4.43. The highest BCUT2D eigenvalue weighted by Gasteiger charge is 2.08. The number of fused-ring (bicyclic) bond motifs is 1. The third-order valence-corrected chi connectivity index (χ3v) is 3.47. The van der Waals surface area contributed by atoms with Crippen LogP contribution in [0.5, 0.6) is 0 Å². The van der Waals surface area contributed by atoms with Gasteiger partial charge in [0, 0.05) is 0 Å². The van der Waals surface area contributed by atoms with Crippen molar-refractivity contribution in [3.63, 3.8) is 0 Å². The highest BCUT2D eigenvalue weighted by Crippen LogP contribution is 2.21. The Labute approximate surface area is 112 Å². The quantitative estimate of drug-likeness (QED) is 0.700. The summed E-state index contributed by atoms with van der Waals surface area (Å²) in [6.07, 6.45) is 0. The number of hydrogen-bond acceptors (Lipinski definition) is 1. The first-order valence-electron chi connectivity index (χ1n) is 5.59. The molecule has 2 nitrogen and oxygen atoms in total. The fourth-order valence-corrected chi connectivity index (χ4v) is 2.48. The molecule has 0 unspecified atom stereocenters. The molecule has 3 rings (SSSR count). The monoisotopic (exact) mass is 304 g/mol. The van der Waals surface area contributed by atoms with Crippen LogP contribution in [0.25, 0.3) is 11.0 Å². The van der Waals surface area contributed by atoms with E-state index in [2.05, 4.69) is 25.5 Å². The van der Waals surface area contributed by atoms with Gasteiger partial charge in [-0.2, -0.15) is 0 Å². The lowest BCUT2D eigenvalue weighted by atomic mass is 10.2. The van der Waals surface area contributed by atoms with E-state index in [9.17, 15) is 4.39 Å². The lowest BCUT2D eigenvalue weighted by Crippen LogP contribution is -1.99. The van der Waals surface area contributed by atoms with Crippen LogP contribution in [-0.4, -0.2) is 9.55 Å². The molecule has 0 bridgehead atoms. The van der Waals surface area contributed by atoms with Crippen molar-refractivity contribution >= 4 is 27.0 Å². The third kappa shape index (κ3) is 2.04. The van der Waals surface area contributed by atoms with Crippen molar-refractivity contribution in [1.29, 1.82) is 0 Å².